The SMILES string of the molecule is CSC(S)c1c[nH]c(=S)cn1. The number of nitrogens with zero attached hydrogens (tertiary/aromatic N) is 1. The van der Waals surface area contributed by atoms with Crippen molar-refractivity contribution in [1.29, 1.82) is 0 Å². The zero-order chi connectivity index (χ0) is 8.27. The zero-order valence-corrected chi connectivity index (χ0v) is 8.47. The van der Waals surface area contributed by atoms with Crippen molar-refractivity contribution in [3.63, 3.8) is 0 Å². The van der Waals surface area contributed by atoms with Crippen LogP contribution in [0.3, 0.4) is 0 Å². The molecule has 0 aliphatic heterocycles. The van der Waals surface area contributed by atoms with Gasteiger partial charge in [0.1, 0.15) is 4.64 Å². The van der Waals surface area contributed by atoms with Crippen molar-refractivity contribution in [2.24, 2.45) is 0 Å². The standard InChI is InChI=1S/C6H8N2S3/c1-11-6(10)4-2-8-5(9)3-7-4/h2-3,6,10H,1H3,(H,8,9). The summed E-state index contributed by atoms with van der Waals surface area (Å²) >= 11 is 10.8. The van der Waals surface area contributed by atoms with Gasteiger partial charge in [-0.25, -0.2) is 0 Å². The van der Waals surface area contributed by atoms with E-state index in [1.54, 1.807) is 24.2 Å². The summed E-state index contributed by atoms with van der Waals surface area (Å²) in [7, 11) is 0. The molecule has 0 aliphatic carbocycles. The molecule has 1 heterocycles. The number of aromatic amines is 1. The molecule has 0 fully saturated rings. The Morgan fingerprint density at radius 3 is 3.00 bits per heavy atom. The third kappa shape index (κ3) is 2.50. The first-order chi connectivity index (χ1) is 5.24. The van der Waals surface area contributed by atoms with Gasteiger partial charge in [-0.2, -0.15) is 12.6 Å². The van der Waals surface area contributed by atoms with Gasteiger partial charge in [0.25, 0.3) is 0 Å². The number of rotatable bonds is 2. The first-order valence-corrected chi connectivity index (χ1v) is 5.21. The van der Waals surface area contributed by atoms with Crippen LogP contribution in [0.1, 0.15) is 10.3 Å². The Labute approximate surface area is 80.2 Å². The summed E-state index contributed by atoms with van der Waals surface area (Å²) in [4.78, 5) is 7.02. The number of hydrogen-bond donors (Lipinski definition) is 2. The van der Waals surface area contributed by atoms with Gasteiger partial charge in [-0.05, 0) is 6.26 Å². The minimum atomic E-state index is 0.127. The third-order valence-corrected chi connectivity index (χ3v) is 2.98. The van der Waals surface area contributed by atoms with Gasteiger partial charge in [-0.15, -0.1) is 11.8 Å². The van der Waals surface area contributed by atoms with Gasteiger partial charge in [-0.1, -0.05) is 12.2 Å². The highest BCUT2D eigenvalue weighted by atomic mass is 32.2. The lowest BCUT2D eigenvalue weighted by atomic mass is 10.5. The summed E-state index contributed by atoms with van der Waals surface area (Å²) in [6.07, 6.45) is 5.40. The molecular formula is C6H8N2S3. The Hall–Kier alpha value is -0.0000000000000000555. The van der Waals surface area contributed by atoms with Crippen molar-refractivity contribution >= 4 is 36.6 Å². The molecule has 0 bridgehead atoms. The number of hydrogen-bond acceptors (Lipinski definition) is 4. The summed E-state index contributed by atoms with van der Waals surface area (Å²) in [6, 6.07) is 0. The average Bonchev–Trinajstić information content (AvgIpc) is 2.05. The fraction of sp³-hybridized carbons (Fsp3) is 0.333. The van der Waals surface area contributed by atoms with E-state index in [4.69, 9.17) is 12.2 Å². The predicted octanol–water partition coefficient (Wildman–Crippen LogP) is 2.43. The number of aromatic nitrogens is 2. The van der Waals surface area contributed by atoms with Crippen LogP contribution in [0, 0.1) is 4.64 Å². The van der Waals surface area contributed by atoms with E-state index in [0.717, 1.165) is 5.69 Å². The maximum Gasteiger partial charge on any atom is 0.121 e. The second kappa shape index (κ2) is 4.13. The Morgan fingerprint density at radius 1 is 1.82 bits per heavy atom. The largest absolute Gasteiger partial charge is 0.350 e. The quantitative estimate of drug-likeness (QED) is 0.440. The molecule has 0 spiro atoms. The van der Waals surface area contributed by atoms with Gasteiger partial charge in [-0.3, -0.25) is 4.98 Å². The number of H-pyrrole nitrogens is 1. The molecule has 0 saturated heterocycles. The predicted molar refractivity (Wildman–Crippen MR) is 54.7 cm³/mol. The molecule has 0 saturated carbocycles. The Bertz CT molecular complexity index is 263. The normalized spacial score (nSPS) is 12.9. The lowest BCUT2D eigenvalue weighted by molar-refractivity contribution is 1.08. The Balaban J connectivity index is 2.89. The summed E-state index contributed by atoms with van der Waals surface area (Å²) < 4.78 is 0.775. The van der Waals surface area contributed by atoms with E-state index in [1.165, 1.54) is 0 Å². The lowest BCUT2D eigenvalue weighted by Gasteiger charge is -2.04. The topological polar surface area (TPSA) is 28.7 Å². The molecule has 5 heteroatoms. The third-order valence-electron chi connectivity index (χ3n) is 1.17. The van der Waals surface area contributed by atoms with Crippen LogP contribution >= 0.6 is 36.6 Å². The second-order valence-corrected chi connectivity index (χ2v) is 4.17. The fourth-order valence-corrected chi connectivity index (χ4v) is 1.23. The molecule has 2 nitrogen and oxygen atoms in total. The first kappa shape index (κ1) is 9.09. The van der Waals surface area contributed by atoms with E-state index >= 15 is 0 Å². The van der Waals surface area contributed by atoms with Crippen LogP contribution in [0.25, 0.3) is 0 Å². The van der Waals surface area contributed by atoms with Crippen molar-refractivity contribution in [2.45, 2.75) is 4.58 Å². The first-order valence-electron chi connectivity index (χ1n) is 2.99. The summed E-state index contributed by atoms with van der Waals surface area (Å²) in [5.74, 6) is 0. The van der Waals surface area contributed by atoms with E-state index in [1.807, 2.05) is 6.26 Å². The fourth-order valence-electron chi connectivity index (χ4n) is 0.609. The van der Waals surface area contributed by atoms with Crippen molar-refractivity contribution in [3.05, 3.63) is 22.7 Å². The van der Waals surface area contributed by atoms with Gasteiger partial charge in [0.15, 0.2) is 0 Å². The van der Waals surface area contributed by atoms with Crippen LogP contribution in [0.5, 0.6) is 0 Å². The lowest BCUT2D eigenvalue weighted by Crippen LogP contribution is -1.90. The molecule has 1 atom stereocenters. The number of thiol groups is 1. The van der Waals surface area contributed by atoms with Crippen LogP contribution in [0.2, 0.25) is 0 Å². The maximum atomic E-state index is 4.84. The summed E-state index contributed by atoms with van der Waals surface area (Å²) in [5.41, 5.74) is 0.912. The highest BCUT2D eigenvalue weighted by molar-refractivity contribution is 8.09. The Kier molecular flexibility index (Phi) is 3.42. The molecule has 0 aromatic carbocycles. The van der Waals surface area contributed by atoms with Crippen molar-refractivity contribution in [2.75, 3.05) is 6.26 Å². The Morgan fingerprint density at radius 2 is 2.55 bits per heavy atom. The van der Waals surface area contributed by atoms with E-state index in [-0.39, 0.29) is 4.58 Å². The molecule has 1 aromatic heterocycles. The van der Waals surface area contributed by atoms with Gasteiger partial charge in [0, 0.05) is 6.20 Å². The van der Waals surface area contributed by atoms with Crippen molar-refractivity contribution in [1.82, 2.24) is 9.97 Å². The van der Waals surface area contributed by atoms with Crippen molar-refractivity contribution < 1.29 is 0 Å². The highest BCUT2D eigenvalue weighted by Crippen LogP contribution is 2.27. The molecular weight excluding hydrogens is 196 g/mol. The summed E-state index contributed by atoms with van der Waals surface area (Å²) in [6.45, 7) is 0. The molecule has 60 valence electrons. The van der Waals surface area contributed by atoms with E-state index in [9.17, 15) is 0 Å². The second-order valence-electron chi connectivity index (χ2n) is 1.92. The minimum absolute atomic E-state index is 0.127. The van der Waals surface area contributed by atoms with Gasteiger partial charge in [0.05, 0.1) is 16.5 Å². The van der Waals surface area contributed by atoms with Crippen molar-refractivity contribution in [3.8, 4) is 0 Å². The van der Waals surface area contributed by atoms with Gasteiger partial charge < -0.3 is 4.98 Å². The van der Waals surface area contributed by atoms with Crippen LogP contribution in [0.4, 0.5) is 0 Å². The molecule has 0 amide bonds. The summed E-state index contributed by atoms with van der Waals surface area (Å²) in [5, 5.41) is 0. The molecule has 1 aromatic rings. The minimum Gasteiger partial charge on any atom is -0.350 e. The molecule has 0 aliphatic rings. The number of thioether (sulfide) groups is 1. The molecule has 1 unspecified atom stereocenters. The molecule has 1 N–H and O–H groups in total. The molecule has 0 radical (unpaired) electrons. The van der Waals surface area contributed by atoms with Gasteiger partial charge >= 0.3 is 0 Å². The zero-order valence-electron chi connectivity index (χ0n) is 5.94. The monoisotopic (exact) mass is 204 g/mol. The van der Waals surface area contributed by atoms with E-state index in [2.05, 4.69) is 22.6 Å². The highest BCUT2D eigenvalue weighted by Gasteiger charge is 2.03. The van der Waals surface area contributed by atoms with E-state index in [0.29, 0.717) is 4.64 Å². The van der Waals surface area contributed by atoms with E-state index < -0.39 is 0 Å². The average molecular weight is 204 g/mol. The number of nitrogens with one attached hydrogen (secondary N) is 1. The smallest absolute Gasteiger partial charge is 0.121 e. The van der Waals surface area contributed by atoms with Crippen LogP contribution < -0.4 is 0 Å². The van der Waals surface area contributed by atoms with Crippen LogP contribution in [0.15, 0.2) is 12.4 Å². The van der Waals surface area contributed by atoms with Crippen LogP contribution in [-0.4, -0.2) is 16.2 Å². The molecule has 1 rings (SSSR count). The maximum absolute atomic E-state index is 4.84. The molecule has 11 heavy (non-hydrogen) atoms. The van der Waals surface area contributed by atoms with Crippen LogP contribution in [-0.2, 0) is 0 Å². The van der Waals surface area contributed by atoms with Gasteiger partial charge in [0.2, 0.25) is 0 Å².